The molecule has 5 rings (SSSR count). The van der Waals surface area contributed by atoms with E-state index in [0.717, 1.165) is 28.0 Å². The van der Waals surface area contributed by atoms with Crippen molar-refractivity contribution in [2.45, 2.75) is 26.4 Å². The lowest BCUT2D eigenvalue weighted by atomic mass is 9.94. The Hall–Kier alpha value is -3.48. The molecule has 0 radical (unpaired) electrons. The monoisotopic (exact) mass is 486 g/mol. The van der Waals surface area contributed by atoms with Crippen LogP contribution in [0.3, 0.4) is 0 Å². The zero-order valence-corrected chi connectivity index (χ0v) is 20.4. The SMILES string of the molecule is CC1=C(c2nc(-c3cccc(Cl)c3)no2)C(c2ccccc2)NC(=S)N1Cc1ccc(C)cc1. The fourth-order valence-corrected chi connectivity index (χ4v) is 4.61. The number of allylic oxidation sites excluding steroid dienone is 1. The van der Waals surface area contributed by atoms with E-state index in [4.69, 9.17) is 33.3 Å². The van der Waals surface area contributed by atoms with Crippen LogP contribution in [0.1, 0.15) is 35.5 Å². The molecule has 0 fully saturated rings. The normalized spacial score (nSPS) is 16.0. The van der Waals surface area contributed by atoms with Crippen molar-refractivity contribution in [1.82, 2.24) is 20.4 Å². The average Bonchev–Trinajstić information content (AvgIpc) is 3.33. The lowest BCUT2D eigenvalue weighted by Crippen LogP contribution is -2.45. The van der Waals surface area contributed by atoms with E-state index in [-0.39, 0.29) is 6.04 Å². The number of halogens is 1. The van der Waals surface area contributed by atoms with Gasteiger partial charge in [-0.1, -0.05) is 89.1 Å². The molecule has 0 bridgehead atoms. The quantitative estimate of drug-likeness (QED) is 0.322. The summed E-state index contributed by atoms with van der Waals surface area (Å²) in [5.74, 6) is 0.938. The molecule has 4 aromatic rings. The van der Waals surface area contributed by atoms with Crippen molar-refractivity contribution in [2.24, 2.45) is 0 Å². The molecule has 1 aromatic heterocycles. The summed E-state index contributed by atoms with van der Waals surface area (Å²) in [5.41, 5.74) is 6.12. The van der Waals surface area contributed by atoms with Gasteiger partial charge in [-0.3, -0.25) is 0 Å². The van der Waals surface area contributed by atoms with Gasteiger partial charge in [0.25, 0.3) is 5.89 Å². The molecular weight excluding hydrogens is 464 g/mol. The third kappa shape index (κ3) is 4.47. The van der Waals surface area contributed by atoms with Crippen LogP contribution in [0, 0.1) is 6.92 Å². The second-order valence-electron chi connectivity index (χ2n) is 8.30. The van der Waals surface area contributed by atoms with Gasteiger partial charge in [-0.05, 0) is 49.3 Å². The summed E-state index contributed by atoms with van der Waals surface area (Å²) in [6.07, 6.45) is 0. The predicted molar refractivity (Wildman–Crippen MR) is 139 cm³/mol. The summed E-state index contributed by atoms with van der Waals surface area (Å²) in [6, 6.07) is 25.8. The first-order chi connectivity index (χ1) is 16.5. The molecule has 3 aromatic carbocycles. The zero-order valence-electron chi connectivity index (χ0n) is 18.8. The number of benzene rings is 3. The maximum Gasteiger partial charge on any atom is 0.258 e. The van der Waals surface area contributed by atoms with E-state index in [1.807, 2.05) is 42.5 Å². The van der Waals surface area contributed by atoms with Gasteiger partial charge in [-0.25, -0.2) is 0 Å². The largest absolute Gasteiger partial charge is 0.351 e. The van der Waals surface area contributed by atoms with Gasteiger partial charge in [0, 0.05) is 22.8 Å². The number of nitrogens with zero attached hydrogens (tertiary/aromatic N) is 3. The summed E-state index contributed by atoms with van der Waals surface area (Å²) in [5, 5.41) is 9.03. The van der Waals surface area contributed by atoms with E-state index in [1.165, 1.54) is 5.56 Å². The molecule has 0 spiro atoms. The van der Waals surface area contributed by atoms with Crippen molar-refractivity contribution >= 4 is 34.5 Å². The Morgan fingerprint density at radius 3 is 2.50 bits per heavy atom. The van der Waals surface area contributed by atoms with Crippen LogP contribution in [0.5, 0.6) is 0 Å². The standard InChI is InChI=1S/C27H23ClN4OS/c1-17-11-13-19(14-12-17)16-32-18(2)23(24(29-27(32)34)20-7-4-3-5-8-20)26-30-25(31-33-26)21-9-6-10-22(28)15-21/h3-15,24H,16H2,1-2H3,(H,29,34). The number of thiocarbonyl (C=S) groups is 1. The number of nitrogens with one attached hydrogen (secondary N) is 1. The molecule has 1 aliphatic heterocycles. The third-order valence-electron chi connectivity index (χ3n) is 5.93. The van der Waals surface area contributed by atoms with Crippen molar-refractivity contribution in [3.8, 4) is 11.4 Å². The van der Waals surface area contributed by atoms with Crippen molar-refractivity contribution in [2.75, 3.05) is 0 Å². The van der Waals surface area contributed by atoms with Crippen LogP contribution in [-0.4, -0.2) is 20.2 Å². The molecule has 7 heteroatoms. The molecule has 170 valence electrons. The summed E-state index contributed by atoms with van der Waals surface area (Å²) in [6.45, 7) is 4.77. The lowest BCUT2D eigenvalue weighted by molar-refractivity contribution is 0.396. The van der Waals surface area contributed by atoms with Gasteiger partial charge >= 0.3 is 0 Å². The highest BCUT2D eigenvalue weighted by Crippen LogP contribution is 2.38. The highest BCUT2D eigenvalue weighted by Gasteiger charge is 2.34. The number of hydrogen-bond donors (Lipinski definition) is 1. The molecule has 1 aliphatic rings. The number of rotatable bonds is 5. The van der Waals surface area contributed by atoms with Crippen molar-refractivity contribution in [3.05, 3.63) is 112 Å². The molecule has 5 nitrogen and oxygen atoms in total. The minimum absolute atomic E-state index is 0.212. The van der Waals surface area contributed by atoms with Crippen LogP contribution in [-0.2, 0) is 6.54 Å². The Morgan fingerprint density at radius 2 is 1.76 bits per heavy atom. The lowest BCUT2D eigenvalue weighted by Gasteiger charge is -2.37. The fourth-order valence-electron chi connectivity index (χ4n) is 4.10. The second-order valence-corrected chi connectivity index (χ2v) is 9.12. The molecule has 1 atom stereocenters. The van der Waals surface area contributed by atoms with Crippen LogP contribution >= 0.6 is 23.8 Å². The molecule has 1 N–H and O–H groups in total. The van der Waals surface area contributed by atoms with Crippen LogP contribution in [0.15, 0.2) is 89.1 Å². The molecule has 2 heterocycles. The van der Waals surface area contributed by atoms with E-state index in [1.54, 1.807) is 0 Å². The average molecular weight is 487 g/mol. The number of aryl methyl sites for hydroxylation is 1. The third-order valence-corrected chi connectivity index (χ3v) is 6.50. The molecule has 34 heavy (non-hydrogen) atoms. The number of aromatic nitrogens is 2. The van der Waals surface area contributed by atoms with Gasteiger partial charge in [-0.15, -0.1) is 0 Å². The first kappa shape index (κ1) is 22.3. The first-order valence-corrected chi connectivity index (χ1v) is 11.8. The first-order valence-electron chi connectivity index (χ1n) is 11.0. The predicted octanol–water partition coefficient (Wildman–Crippen LogP) is 6.56. The Kier molecular flexibility index (Phi) is 6.18. The maximum atomic E-state index is 6.17. The molecule has 0 amide bonds. The van der Waals surface area contributed by atoms with Crippen LogP contribution in [0.2, 0.25) is 5.02 Å². The Labute approximate surface area is 209 Å². The van der Waals surface area contributed by atoms with E-state index in [0.29, 0.717) is 28.4 Å². The minimum atomic E-state index is -0.212. The molecule has 0 aliphatic carbocycles. The summed E-state index contributed by atoms with van der Waals surface area (Å²) < 4.78 is 5.80. The van der Waals surface area contributed by atoms with E-state index in [2.05, 4.69) is 65.6 Å². The Morgan fingerprint density at radius 1 is 1.00 bits per heavy atom. The topological polar surface area (TPSA) is 54.2 Å². The van der Waals surface area contributed by atoms with Gasteiger partial charge in [-0.2, -0.15) is 4.98 Å². The molecule has 0 saturated heterocycles. The summed E-state index contributed by atoms with van der Waals surface area (Å²) in [7, 11) is 0. The van der Waals surface area contributed by atoms with Gasteiger partial charge in [0.2, 0.25) is 5.82 Å². The van der Waals surface area contributed by atoms with Crippen molar-refractivity contribution in [1.29, 1.82) is 0 Å². The van der Waals surface area contributed by atoms with Gasteiger partial charge in [0.15, 0.2) is 5.11 Å². The van der Waals surface area contributed by atoms with Crippen molar-refractivity contribution in [3.63, 3.8) is 0 Å². The van der Waals surface area contributed by atoms with E-state index in [9.17, 15) is 0 Å². The smallest absolute Gasteiger partial charge is 0.258 e. The Bertz CT molecular complexity index is 1360. The highest BCUT2D eigenvalue weighted by atomic mass is 35.5. The van der Waals surface area contributed by atoms with Crippen LogP contribution in [0.25, 0.3) is 17.0 Å². The van der Waals surface area contributed by atoms with E-state index < -0.39 is 0 Å². The van der Waals surface area contributed by atoms with Crippen LogP contribution < -0.4 is 5.32 Å². The minimum Gasteiger partial charge on any atom is -0.351 e. The number of hydrogen-bond acceptors (Lipinski definition) is 4. The fraction of sp³-hybridized carbons (Fsp3) is 0.148. The summed E-state index contributed by atoms with van der Waals surface area (Å²) in [4.78, 5) is 6.83. The molecule has 1 unspecified atom stereocenters. The van der Waals surface area contributed by atoms with Gasteiger partial charge in [0.1, 0.15) is 0 Å². The molecule has 0 saturated carbocycles. The van der Waals surface area contributed by atoms with Crippen molar-refractivity contribution < 1.29 is 4.52 Å². The van der Waals surface area contributed by atoms with E-state index >= 15 is 0 Å². The maximum absolute atomic E-state index is 6.17. The van der Waals surface area contributed by atoms with Crippen LogP contribution in [0.4, 0.5) is 0 Å². The summed E-state index contributed by atoms with van der Waals surface area (Å²) >= 11 is 12.0. The van der Waals surface area contributed by atoms with Gasteiger partial charge in [0.05, 0.1) is 11.6 Å². The zero-order chi connectivity index (χ0) is 23.7. The Balaban J connectivity index is 1.59. The molecular formula is C27H23ClN4OS. The van der Waals surface area contributed by atoms with Gasteiger partial charge < -0.3 is 14.7 Å². The second kappa shape index (κ2) is 9.41. The highest BCUT2D eigenvalue weighted by molar-refractivity contribution is 7.80.